The third kappa shape index (κ3) is 3.11. The molecule has 0 spiro atoms. The van der Waals surface area contributed by atoms with Crippen LogP contribution in [-0.4, -0.2) is 31.2 Å². The first-order valence-electron chi connectivity index (χ1n) is 6.04. The highest BCUT2D eigenvalue weighted by molar-refractivity contribution is 6.31. The van der Waals surface area contributed by atoms with Gasteiger partial charge in [0.15, 0.2) is 16.7 Å². The molecule has 106 valence electrons. The molecule has 2 rings (SSSR count). The number of aromatic nitrogens is 2. The highest BCUT2D eigenvalue weighted by Gasteiger charge is 2.14. The average molecular weight is 294 g/mol. The molecule has 2 aromatic rings. The minimum Gasteiger partial charge on any atom is -0.497 e. The van der Waals surface area contributed by atoms with Crippen molar-refractivity contribution in [2.75, 3.05) is 26.2 Å². The molecule has 1 aromatic heterocycles. The Balaban J connectivity index is 2.23. The van der Waals surface area contributed by atoms with Crippen LogP contribution in [-0.2, 0) is 6.54 Å². The van der Waals surface area contributed by atoms with Gasteiger partial charge in [0, 0.05) is 13.6 Å². The lowest BCUT2D eigenvalue weighted by Gasteiger charge is -2.20. The van der Waals surface area contributed by atoms with Crippen LogP contribution < -0.4 is 14.4 Å². The monoisotopic (exact) mass is 293 g/mol. The van der Waals surface area contributed by atoms with Crippen molar-refractivity contribution < 1.29 is 9.47 Å². The minimum absolute atomic E-state index is 0.301. The summed E-state index contributed by atoms with van der Waals surface area (Å²) in [4.78, 5) is 10.1. The summed E-state index contributed by atoms with van der Waals surface area (Å²) < 4.78 is 10.5. The fourth-order valence-electron chi connectivity index (χ4n) is 1.91. The molecule has 0 aliphatic carbocycles. The van der Waals surface area contributed by atoms with E-state index in [2.05, 4.69) is 9.97 Å². The number of benzene rings is 1. The van der Waals surface area contributed by atoms with Crippen LogP contribution in [0.5, 0.6) is 11.5 Å². The van der Waals surface area contributed by atoms with Gasteiger partial charge in [-0.2, -0.15) is 0 Å². The largest absolute Gasteiger partial charge is 0.497 e. The summed E-state index contributed by atoms with van der Waals surface area (Å²) in [6.07, 6.45) is 1.42. The first-order valence-corrected chi connectivity index (χ1v) is 6.42. The molecule has 0 fully saturated rings. The van der Waals surface area contributed by atoms with Gasteiger partial charge < -0.3 is 14.4 Å². The van der Waals surface area contributed by atoms with Gasteiger partial charge in [0.25, 0.3) is 0 Å². The predicted molar refractivity (Wildman–Crippen MR) is 78.7 cm³/mol. The van der Waals surface area contributed by atoms with Gasteiger partial charge in [-0.25, -0.2) is 9.97 Å². The highest BCUT2D eigenvalue weighted by Crippen LogP contribution is 2.31. The molecule has 5 nitrogen and oxygen atoms in total. The van der Waals surface area contributed by atoms with E-state index < -0.39 is 0 Å². The number of nitrogens with zero attached hydrogens (tertiary/aromatic N) is 3. The van der Waals surface area contributed by atoms with Gasteiger partial charge in [-0.3, -0.25) is 0 Å². The number of methoxy groups -OCH3 is 2. The van der Waals surface area contributed by atoms with Crippen LogP contribution in [0.25, 0.3) is 0 Å². The maximum Gasteiger partial charge on any atom is 0.199 e. The summed E-state index contributed by atoms with van der Waals surface area (Å²) in [5.74, 6) is 1.94. The number of anilines is 1. The fourth-order valence-corrected chi connectivity index (χ4v) is 2.12. The Morgan fingerprint density at radius 2 is 2.00 bits per heavy atom. The molecule has 0 radical (unpaired) electrons. The van der Waals surface area contributed by atoms with Crippen LogP contribution in [0.4, 0.5) is 5.82 Å². The van der Waals surface area contributed by atoms with E-state index in [-0.39, 0.29) is 0 Å². The first kappa shape index (κ1) is 14.4. The summed E-state index contributed by atoms with van der Waals surface area (Å²) in [5, 5.41) is 0.301. The minimum atomic E-state index is 0.301. The zero-order valence-corrected chi connectivity index (χ0v) is 12.4. The summed E-state index contributed by atoms with van der Waals surface area (Å²) in [6.45, 7) is 0.654. The molecular weight excluding hydrogens is 278 g/mol. The second kappa shape index (κ2) is 6.43. The van der Waals surface area contributed by atoms with Gasteiger partial charge in [0.1, 0.15) is 12.1 Å². The van der Waals surface area contributed by atoms with Crippen molar-refractivity contribution in [2.45, 2.75) is 6.54 Å². The third-order valence-electron chi connectivity index (χ3n) is 2.86. The molecule has 0 N–H and O–H groups in total. The van der Waals surface area contributed by atoms with E-state index in [0.29, 0.717) is 23.3 Å². The number of hydrogen-bond acceptors (Lipinski definition) is 5. The highest BCUT2D eigenvalue weighted by atomic mass is 35.5. The van der Waals surface area contributed by atoms with Crippen molar-refractivity contribution in [3.05, 3.63) is 41.3 Å². The van der Waals surface area contributed by atoms with Gasteiger partial charge in [-0.05, 0) is 17.7 Å². The normalized spacial score (nSPS) is 10.2. The number of halogens is 1. The van der Waals surface area contributed by atoms with Crippen LogP contribution in [0.1, 0.15) is 5.56 Å². The summed E-state index contributed by atoms with van der Waals surface area (Å²) in [7, 11) is 5.12. The Morgan fingerprint density at radius 3 is 2.70 bits per heavy atom. The Labute approximate surface area is 123 Å². The van der Waals surface area contributed by atoms with Crippen molar-refractivity contribution in [3.8, 4) is 11.5 Å². The van der Waals surface area contributed by atoms with Crippen LogP contribution in [0, 0.1) is 0 Å². The summed E-state index contributed by atoms with van der Waals surface area (Å²) in [6, 6.07) is 7.86. The molecule has 0 aliphatic rings. The third-order valence-corrected chi connectivity index (χ3v) is 3.13. The van der Waals surface area contributed by atoms with Crippen LogP contribution >= 0.6 is 11.6 Å². The van der Waals surface area contributed by atoms with E-state index in [0.717, 1.165) is 11.3 Å². The fraction of sp³-hybridized carbons (Fsp3) is 0.286. The van der Waals surface area contributed by atoms with Crippen molar-refractivity contribution in [1.29, 1.82) is 0 Å². The average Bonchev–Trinajstić information content (AvgIpc) is 2.47. The van der Waals surface area contributed by atoms with E-state index in [1.165, 1.54) is 6.33 Å². The molecule has 0 amide bonds. The van der Waals surface area contributed by atoms with Crippen molar-refractivity contribution in [2.24, 2.45) is 0 Å². The van der Waals surface area contributed by atoms with E-state index in [1.807, 2.05) is 36.2 Å². The topological polar surface area (TPSA) is 47.5 Å². The van der Waals surface area contributed by atoms with E-state index in [1.54, 1.807) is 14.2 Å². The van der Waals surface area contributed by atoms with Gasteiger partial charge in [-0.1, -0.05) is 23.7 Å². The lowest BCUT2D eigenvalue weighted by atomic mass is 10.2. The molecule has 0 atom stereocenters. The zero-order valence-electron chi connectivity index (χ0n) is 11.6. The van der Waals surface area contributed by atoms with Crippen LogP contribution in [0.2, 0.25) is 5.15 Å². The molecule has 0 bridgehead atoms. The quantitative estimate of drug-likeness (QED) is 0.793. The summed E-state index contributed by atoms with van der Waals surface area (Å²) >= 11 is 6.00. The Bertz CT molecular complexity index is 592. The van der Waals surface area contributed by atoms with Crippen LogP contribution in [0.15, 0.2) is 30.6 Å². The molecule has 1 heterocycles. The Kier molecular flexibility index (Phi) is 4.63. The van der Waals surface area contributed by atoms with E-state index in [9.17, 15) is 0 Å². The molecule has 0 saturated carbocycles. The van der Waals surface area contributed by atoms with Gasteiger partial charge in [0.2, 0.25) is 0 Å². The maximum atomic E-state index is 6.00. The molecule has 20 heavy (non-hydrogen) atoms. The Hall–Kier alpha value is -2.01. The van der Waals surface area contributed by atoms with Crippen molar-refractivity contribution >= 4 is 17.4 Å². The molecular formula is C14H16ClN3O2. The van der Waals surface area contributed by atoms with Gasteiger partial charge in [-0.15, -0.1) is 0 Å². The molecule has 0 unspecified atom stereocenters. The van der Waals surface area contributed by atoms with Crippen molar-refractivity contribution in [3.63, 3.8) is 0 Å². The maximum absolute atomic E-state index is 6.00. The van der Waals surface area contributed by atoms with E-state index >= 15 is 0 Å². The second-order valence-electron chi connectivity index (χ2n) is 4.23. The summed E-state index contributed by atoms with van der Waals surface area (Å²) in [5.41, 5.74) is 1.10. The van der Waals surface area contributed by atoms with E-state index in [4.69, 9.17) is 21.1 Å². The lowest BCUT2D eigenvalue weighted by Crippen LogP contribution is -2.19. The standard InChI is InChI=1S/C14H16ClN3O2/c1-18(8-10-5-4-6-11(7-10)19-2)14-12(20-3)13(15)16-9-17-14/h4-7,9H,8H2,1-3H3. The molecule has 0 aliphatic heterocycles. The van der Waals surface area contributed by atoms with Gasteiger partial charge >= 0.3 is 0 Å². The second-order valence-corrected chi connectivity index (χ2v) is 4.59. The predicted octanol–water partition coefficient (Wildman–Crippen LogP) is 2.78. The number of ether oxygens (including phenoxy) is 2. The number of hydrogen-bond donors (Lipinski definition) is 0. The first-order chi connectivity index (χ1) is 9.65. The zero-order chi connectivity index (χ0) is 14.5. The van der Waals surface area contributed by atoms with Crippen molar-refractivity contribution in [1.82, 2.24) is 9.97 Å². The Morgan fingerprint density at radius 1 is 1.20 bits per heavy atom. The van der Waals surface area contributed by atoms with Gasteiger partial charge in [0.05, 0.1) is 14.2 Å². The molecule has 6 heteroatoms. The van der Waals surface area contributed by atoms with Crippen LogP contribution in [0.3, 0.4) is 0 Å². The number of rotatable bonds is 5. The lowest BCUT2D eigenvalue weighted by molar-refractivity contribution is 0.410. The molecule has 0 saturated heterocycles. The molecule has 1 aromatic carbocycles. The smallest absolute Gasteiger partial charge is 0.199 e. The SMILES string of the molecule is COc1cccc(CN(C)c2ncnc(Cl)c2OC)c1.